The van der Waals surface area contributed by atoms with Crippen LogP contribution in [0.1, 0.15) is 27.2 Å². The highest BCUT2D eigenvalue weighted by Gasteiger charge is 2.15. The highest BCUT2D eigenvalue weighted by atomic mass is 32.2. The minimum Gasteiger partial charge on any atom is -0.313 e. The lowest BCUT2D eigenvalue weighted by Crippen LogP contribution is -2.18. The molecular weight excluding hydrogens is 304 g/mol. The Hall–Kier alpha value is -1.24. The monoisotopic (exact) mass is 324 g/mol. The molecule has 0 aliphatic heterocycles. The van der Waals surface area contributed by atoms with Crippen LogP contribution in [0, 0.1) is 13.8 Å². The van der Waals surface area contributed by atoms with Crippen LogP contribution in [0.25, 0.3) is 0 Å². The Bertz CT molecular complexity index is 699. The quantitative estimate of drug-likeness (QED) is 0.918. The molecule has 0 fully saturated rings. The largest absolute Gasteiger partial charge is 0.313 e. The van der Waals surface area contributed by atoms with Crippen molar-refractivity contribution >= 4 is 21.2 Å². The average Bonchev–Trinajstić information content (AvgIpc) is 2.74. The summed E-state index contributed by atoms with van der Waals surface area (Å²) in [6, 6.07) is 7.18. The molecule has 21 heavy (non-hydrogen) atoms. The van der Waals surface area contributed by atoms with Crippen LogP contribution in [0.15, 0.2) is 29.2 Å². The minimum absolute atomic E-state index is 0.128. The zero-order chi connectivity index (χ0) is 15.6. The summed E-state index contributed by atoms with van der Waals surface area (Å²) in [5.41, 5.74) is 2.15. The number of benzene rings is 1. The number of likely N-dealkylation sites (N-methyl/N-ethyl adjacent to an activating group) is 1. The molecule has 4 nitrogen and oxygen atoms in total. The third kappa shape index (κ3) is 3.90. The molecule has 0 bridgehead atoms. The average molecular weight is 324 g/mol. The van der Waals surface area contributed by atoms with E-state index in [2.05, 4.69) is 17.2 Å². The van der Waals surface area contributed by atoms with Crippen molar-refractivity contribution < 1.29 is 8.42 Å². The molecular formula is C15H20N2O2S2. The van der Waals surface area contributed by atoms with E-state index in [1.807, 2.05) is 26.1 Å². The summed E-state index contributed by atoms with van der Waals surface area (Å²) in [5.74, 6) is 0. The predicted octanol–water partition coefficient (Wildman–Crippen LogP) is 2.67. The van der Waals surface area contributed by atoms with Crippen molar-refractivity contribution in [2.24, 2.45) is 0 Å². The molecule has 0 saturated heterocycles. The number of sulfone groups is 1. The number of hydrogen-bond donors (Lipinski definition) is 1. The first-order valence-electron chi connectivity index (χ1n) is 6.71. The van der Waals surface area contributed by atoms with Gasteiger partial charge in [-0.25, -0.2) is 13.4 Å². The van der Waals surface area contributed by atoms with Gasteiger partial charge >= 0.3 is 0 Å². The fourth-order valence-electron chi connectivity index (χ4n) is 2.14. The molecule has 2 aromatic rings. The van der Waals surface area contributed by atoms with Gasteiger partial charge in [-0.15, -0.1) is 11.3 Å². The van der Waals surface area contributed by atoms with E-state index in [9.17, 15) is 8.42 Å². The zero-order valence-electron chi connectivity index (χ0n) is 12.7. The summed E-state index contributed by atoms with van der Waals surface area (Å²) in [4.78, 5) is 6.15. The summed E-state index contributed by atoms with van der Waals surface area (Å²) >= 11 is 1.71. The molecule has 2 rings (SSSR count). The second kappa shape index (κ2) is 6.25. The van der Waals surface area contributed by atoms with Gasteiger partial charge in [0.2, 0.25) is 0 Å². The summed E-state index contributed by atoms with van der Waals surface area (Å²) in [6.07, 6.45) is 2.02. The van der Waals surface area contributed by atoms with Crippen LogP contribution in [-0.4, -0.2) is 26.7 Å². The smallest absolute Gasteiger partial charge is 0.175 e. The molecule has 1 unspecified atom stereocenters. The van der Waals surface area contributed by atoms with Crippen LogP contribution in [0.4, 0.5) is 0 Å². The number of nitrogens with one attached hydrogen (secondary N) is 1. The van der Waals surface area contributed by atoms with Crippen LogP contribution in [0.3, 0.4) is 0 Å². The van der Waals surface area contributed by atoms with Gasteiger partial charge in [-0.3, -0.25) is 0 Å². The maximum Gasteiger partial charge on any atom is 0.175 e. The van der Waals surface area contributed by atoms with Gasteiger partial charge in [0.25, 0.3) is 0 Å². The highest BCUT2D eigenvalue weighted by molar-refractivity contribution is 7.90. The van der Waals surface area contributed by atoms with Gasteiger partial charge in [-0.1, -0.05) is 12.1 Å². The van der Waals surface area contributed by atoms with Crippen LogP contribution in [-0.2, 0) is 16.3 Å². The molecule has 0 radical (unpaired) electrons. The molecule has 114 valence electrons. The fourth-order valence-corrected chi connectivity index (χ4v) is 3.74. The Balaban J connectivity index is 2.21. The topological polar surface area (TPSA) is 59.1 Å². The highest BCUT2D eigenvalue weighted by Crippen LogP contribution is 2.24. The van der Waals surface area contributed by atoms with Gasteiger partial charge in [0, 0.05) is 23.6 Å². The lowest BCUT2D eigenvalue weighted by atomic mass is 10.0. The Morgan fingerprint density at radius 3 is 2.29 bits per heavy atom. The van der Waals surface area contributed by atoms with Gasteiger partial charge < -0.3 is 5.32 Å². The summed E-state index contributed by atoms with van der Waals surface area (Å²) in [6.45, 7) is 4.09. The van der Waals surface area contributed by atoms with E-state index in [0.29, 0.717) is 4.90 Å². The maximum atomic E-state index is 11.5. The molecule has 1 N–H and O–H groups in total. The van der Waals surface area contributed by atoms with Gasteiger partial charge in [-0.05, 0) is 38.6 Å². The molecule has 0 aliphatic rings. The molecule has 0 saturated carbocycles. The van der Waals surface area contributed by atoms with Crippen molar-refractivity contribution in [3.63, 3.8) is 0 Å². The van der Waals surface area contributed by atoms with Crippen LogP contribution in [0.2, 0.25) is 0 Å². The normalized spacial score (nSPS) is 13.3. The molecule has 1 aromatic heterocycles. The number of aryl methyl sites for hydroxylation is 2. The second-order valence-electron chi connectivity index (χ2n) is 5.14. The van der Waals surface area contributed by atoms with Crippen molar-refractivity contribution in [2.45, 2.75) is 31.2 Å². The van der Waals surface area contributed by atoms with Crippen molar-refractivity contribution in [3.8, 4) is 0 Å². The van der Waals surface area contributed by atoms with E-state index >= 15 is 0 Å². The zero-order valence-corrected chi connectivity index (χ0v) is 14.3. The van der Waals surface area contributed by atoms with E-state index in [0.717, 1.165) is 22.7 Å². The molecule has 0 spiro atoms. The molecule has 0 amide bonds. The van der Waals surface area contributed by atoms with Gasteiger partial charge in [0.05, 0.1) is 15.6 Å². The molecule has 1 heterocycles. The summed E-state index contributed by atoms with van der Waals surface area (Å²) in [5, 5.41) is 4.36. The number of thiazole rings is 1. The predicted molar refractivity (Wildman–Crippen MR) is 86.6 cm³/mol. The second-order valence-corrected chi connectivity index (χ2v) is 8.44. The Labute approximate surface area is 130 Å². The van der Waals surface area contributed by atoms with E-state index < -0.39 is 9.84 Å². The van der Waals surface area contributed by atoms with Crippen LogP contribution >= 0.6 is 11.3 Å². The Morgan fingerprint density at radius 2 is 1.86 bits per heavy atom. The standard InChI is InChI=1S/C15H20N2O2S2/c1-10-11(2)20-15(17-10)9-14(16-3)12-5-7-13(8-6-12)21(4,18)19/h5-8,14,16H,9H2,1-4H3. The Kier molecular flexibility index (Phi) is 4.81. The SMILES string of the molecule is CNC(Cc1nc(C)c(C)s1)c1ccc(S(C)(=O)=O)cc1. The van der Waals surface area contributed by atoms with Gasteiger partial charge in [0.1, 0.15) is 0 Å². The summed E-state index contributed by atoms with van der Waals surface area (Å²) in [7, 11) is -1.24. The number of nitrogens with zero attached hydrogens (tertiary/aromatic N) is 1. The first-order valence-corrected chi connectivity index (χ1v) is 9.42. The number of hydrogen-bond acceptors (Lipinski definition) is 5. The van der Waals surface area contributed by atoms with Crippen molar-refractivity contribution in [1.82, 2.24) is 10.3 Å². The fraction of sp³-hybridized carbons (Fsp3) is 0.400. The molecule has 1 aromatic carbocycles. The van der Waals surface area contributed by atoms with E-state index in [4.69, 9.17) is 0 Å². The molecule has 1 atom stereocenters. The lowest BCUT2D eigenvalue weighted by molar-refractivity contribution is 0.588. The van der Waals surface area contributed by atoms with Crippen LogP contribution < -0.4 is 5.32 Å². The van der Waals surface area contributed by atoms with Crippen molar-refractivity contribution in [3.05, 3.63) is 45.4 Å². The third-order valence-corrected chi connectivity index (χ3v) is 5.73. The van der Waals surface area contributed by atoms with E-state index in [-0.39, 0.29) is 6.04 Å². The van der Waals surface area contributed by atoms with Crippen molar-refractivity contribution in [1.29, 1.82) is 0 Å². The third-order valence-electron chi connectivity index (χ3n) is 3.51. The summed E-state index contributed by atoms with van der Waals surface area (Å²) < 4.78 is 23.0. The van der Waals surface area contributed by atoms with Crippen molar-refractivity contribution in [2.75, 3.05) is 13.3 Å². The van der Waals surface area contributed by atoms with Gasteiger partial charge in [-0.2, -0.15) is 0 Å². The molecule has 0 aliphatic carbocycles. The van der Waals surface area contributed by atoms with Crippen LogP contribution in [0.5, 0.6) is 0 Å². The number of aromatic nitrogens is 1. The number of rotatable bonds is 5. The molecule has 6 heteroatoms. The van der Waals surface area contributed by atoms with Gasteiger partial charge in [0.15, 0.2) is 9.84 Å². The maximum absolute atomic E-state index is 11.5. The first-order chi connectivity index (χ1) is 9.81. The first kappa shape index (κ1) is 16.1. The van der Waals surface area contributed by atoms with E-state index in [1.54, 1.807) is 23.5 Å². The lowest BCUT2D eigenvalue weighted by Gasteiger charge is -2.15. The Morgan fingerprint density at radius 1 is 1.24 bits per heavy atom. The van der Waals surface area contributed by atoms with E-state index in [1.165, 1.54) is 11.1 Å². The minimum atomic E-state index is -3.14.